The first-order valence-corrected chi connectivity index (χ1v) is 10.1. The van der Waals surface area contributed by atoms with E-state index in [2.05, 4.69) is 37.6 Å². The average Bonchev–Trinajstić information content (AvgIpc) is 3.28. The fraction of sp³-hybridized carbons (Fsp3) is 0.450. The van der Waals surface area contributed by atoms with Gasteiger partial charge >= 0.3 is 0 Å². The van der Waals surface area contributed by atoms with Crippen molar-refractivity contribution in [3.05, 3.63) is 35.2 Å². The molecule has 1 aromatic heterocycles. The number of rotatable bonds is 6. The van der Waals surface area contributed by atoms with E-state index < -0.39 is 0 Å². The number of nitrogens with zero attached hydrogens (tertiary/aromatic N) is 3. The summed E-state index contributed by atoms with van der Waals surface area (Å²) in [6.07, 6.45) is 0. The van der Waals surface area contributed by atoms with Crippen molar-refractivity contribution in [2.75, 3.05) is 59.5 Å². The SMILES string of the molecule is CN=C(NCc1cc(OC)c(OC)c(OC)c1)N1CCN(c2cccs2)CC1.I. The minimum absolute atomic E-state index is 0. The number of halogens is 1. The first-order valence-electron chi connectivity index (χ1n) is 9.23. The largest absolute Gasteiger partial charge is 0.493 e. The Morgan fingerprint density at radius 1 is 1.07 bits per heavy atom. The molecule has 29 heavy (non-hydrogen) atoms. The van der Waals surface area contributed by atoms with Crippen molar-refractivity contribution in [2.45, 2.75) is 6.54 Å². The van der Waals surface area contributed by atoms with Crippen LogP contribution in [0.1, 0.15) is 5.56 Å². The van der Waals surface area contributed by atoms with Gasteiger partial charge in [0.2, 0.25) is 5.75 Å². The second-order valence-electron chi connectivity index (χ2n) is 6.36. The Morgan fingerprint density at radius 3 is 2.21 bits per heavy atom. The number of anilines is 1. The molecule has 1 N–H and O–H groups in total. The lowest BCUT2D eigenvalue weighted by Gasteiger charge is -2.37. The van der Waals surface area contributed by atoms with Gasteiger partial charge < -0.3 is 29.3 Å². The molecule has 2 aromatic rings. The van der Waals surface area contributed by atoms with Crippen LogP contribution in [0.3, 0.4) is 0 Å². The van der Waals surface area contributed by atoms with E-state index in [4.69, 9.17) is 14.2 Å². The molecule has 7 nitrogen and oxygen atoms in total. The summed E-state index contributed by atoms with van der Waals surface area (Å²) in [6.45, 7) is 4.48. The van der Waals surface area contributed by atoms with E-state index in [-0.39, 0.29) is 24.0 Å². The second kappa shape index (κ2) is 11.3. The lowest BCUT2D eigenvalue weighted by atomic mass is 10.2. The Labute approximate surface area is 193 Å². The molecule has 1 aromatic carbocycles. The molecule has 0 spiro atoms. The monoisotopic (exact) mass is 532 g/mol. The van der Waals surface area contributed by atoms with Crippen molar-refractivity contribution in [1.29, 1.82) is 0 Å². The summed E-state index contributed by atoms with van der Waals surface area (Å²) >= 11 is 1.79. The zero-order valence-corrected chi connectivity index (χ0v) is 20.5. The van der Waals surface area contributed by atoms with Gasteiger partial charge in [-0.1, -0.05) is 0 Å². The third kappa shape index (κ3) is 5.59. The predicted octanol–water partition coefficient (Wildman–Crippen LogP) is 3.29. The number of piperazine rings is 1. The van der Waals surface area contributed by atoms with Crippen LogP contribution in [0.5, 0.6) is 17.2 Å². The summed E-state index contributed by atoms with van der Waals surface area (Å²) in [5.74, 6) is 2.80. The molecule has 1 aliphatic heterocycles. The van der Waals surface area contributed by atoms with Crippen LogP contribution in [0.25, 0.3) is 0 Å². The first-order chi connectivity index (χ1) is 13.7. The van der Waals surface area contributed by atoms with Gasteiger partial charge in [-0.05, 0) is 35.2 Å². The van der Waals surface area contributed by atoms with Crippen LogP contribution in [0, 0.1) is 0 Å². The van der Waals surface area contributed by atoms with Crippen LogP contribution in [-0.4, -0.2) is 65.4 Å². The molecule has 0 saturated carbocycles. The highest BCUT2D eigenvalue weighted by atomic mass is 127. The average molecular weight is 532 g/mol. The number of guanidine groups is 1. The van der Waals surface area contributed by atoms with E-state index in [1.807, 2.05) is 19.2 Å². The lowest BCUT2D eigenvalue weighted by Crippen LogP contribution is -2.52. The normalized spacial score (nSPS) is 14.3. The van der Waals surface area contributed by atoms with Gasteiger partial charge in [-0.25, -0.2) is 0 Å². The van der Waals surface area contributed by atoms with Crippen LogP contribution in [0.4, 0.5) is 5.00 Å². The Morgan fingerprint density at radius 2 is 1.72 bits per heavy atom. The number of hydrogen-bond acceptors (Lipinski definition) is 6. The standard InChI is InChI=1S/C20H28N4O3S.HI/c1-21-20(24-9-7-23(8-10-24)18-6-5-11-28-18)22-14-15-12-16(25-2)19(27-4)17(13-15)26-3;/h5-6,11-13H,7-10,14H2,1-4H3,(H,21,22);1H. The molecule has 0 aliphatic carbocycles. The number of benzene rings is 1. The van der Waals surface area contributed by atoms with Gasteiger partial charge in [0.15, 0.2) is 17.5 Å². The van der Waals surface area contributed by atoms with E-state index in [9.17, 15) is 0 Å². The highest BCUT2D eigenvalue weighted by molar-refractivity contribution is 14.0. The van der Waals surface area contributed by atoms with E-state index in [1.165, 1.54) is 5.00 Å². The summed E-state index contributed by atoms with van der Waals surface area (Å²) in [7, 11) is 6.68. The molecule has 0 atom stereocenters. The maximum atomic E-state index is 5.44. The molecule has 2 heterocycles. The molecule has 9 heteroatoms. The predicted molar refractivity (Wildman–Crippen MR) is 130 cm³/mol. The van der Waals surface area contributed by atoms with Crippen molar-refractivity contribution < 1.29 is 14.2 Å². The summed E-state index contributed by atoms with van der Waals surface area (Å²) in [6, 6.07) is 8.19. The van der Waals surface area contributed by atoms with Crippen molar-refractivity contribution in [3.8, 4) is 17.2 Å². The molecular formula is C20H29IN4O3S. The van der Waals surface area contributed by atoms with Gasteiger partial charge in [0.05, 0.1) is 26.3 Å². The van der Waals surface area contributed by atoms with Gasteiger partial charge in [0.1, 0.15) is 0 Å². The van der Waals surface area contributed by atoms with Gasteiger partial charge in [-0.3, -0.25) is 4.99 Å². The van der Waals surface area contributed by atoms with E-state index >= 15 is 0 Å². The van der Waals surface area contributed by atoms with Gasteiger partial charge in [-0.2, -0.15) is 0 Å². The zero-order chi connectivity index (χ0) is 19.9. The number of aliphatic imine (C=N–C) groups is 1. The van der Waals surface area contributed by atoms with Crippen molar-refractivity contribution in [1.82, 2.24) is 10.2 Å². The maximum absolute atomic E-state index is 5.44. The smallest absolute Gasteiger partial charge is 0.203 e. The molecule has 1 fully saturated rings. The lowest BCUT2D eigenvalue weighted by molar-refractivity contribution is 0.323. The third-order valence-corrected chi connectivity index (χ3v) is 5.71. The first kappa shape index (κ1) is 23.4. The zero-order valence-electron chi connectivity index (χ0n) is 17.3. The molecule has 1 aliphatic rings. The van der Waals surface area contributed by atoms with Crippen molar-refractivity contribution >= 4 is 46.3 Å². The molecule has 1 saturated heterocycles. The fourth-order valence-electron chi connectivity index (χ4n) is 3.34. The molecule has 0 amide bonds. The molecule has 3 rings (SSSR count). The van der Waals surface area contributed by atoms with Gasteiger partial charge in [0.25, 0.3) is 0 Å². The van der Waals surface area contributed by atoms with Crippen molar-refractivity contribution in [2.24, 2.45) is 4.99 Å². The minimum atomic E-state index is 0. The minimum Gasteiger partial charge on any atom is -0.493 e. The molecule has 0 radical (unpaired) electrons. The molecule has 0 unspecified atom stereocenters. The topological polar surface area (TPSA) is 58.6 Å². The number of hydrogen-bond donors (Lipinski definition) is 1. The molecule has 160 valence electrons. The fourth-order valence-corrected chi connectivity index (χ4v) is 4.12. The van der Waals surface area contributed by atoms with Crippen LogP contribution in [-0.2, 0) is 6.54 Å². The van der Waals surface area contributed by atoms with Crippen molar-refractivity contribution in [3.63, 3.8) is 0 Å². The number of methoxy groups -OCH3 is 3. The Balaban J connectivity index is 0.00000300. The van der Waals surface area contributed by atoms with E-state index in [0.29, 0.717) is 23.8 Å². The number of thiophene rings is 1. The quantitative estimate of drug-likeness (QED) is 0.350. The van der Waals surface area contributed by atoms with E-state index in [0.717, 1.165) is 37.7 Å². The number of ether oxygens (including phenoxy) is 3. The Bertz CT molecular complexity index is 768. The summed E-state index contributed by atoms with van der Waals surface area (Å²) < 4.78 is 16.3. The van der Waals surface area contributed by atoms with E-state index in [1.54, 1.807) is 32.7 Å². The third-order valence-electron chi connectivity index (χ3n) is 4.78. The molecular weight excluding hydrogens is 503 g/mol. The Kier molecular flexibility index (Phi) is 9.15. The highest BCUT2D eigenvalue weighted by Crippen LogP contribution is 2.38. The molecule has 0 bridgehead atoms. The van der Waals surface area contributed by atoms with Gasteiger partial charge in [-0.15, -0.1) is 35.3 Å². The second-order valence-corrected chi connectivity index (χ2v) is 7.29. The van der Waals surface area contributed by atoms with Crippen LogP contribution in [0.15, 0.2) is 34.6 Å². The van der Waals surface area contributed by atoms with Crippen LogP contribution in [0.2, 0.25) is 0 Å². The van der Waals surface area contributed by atoms with Crippen LogP contribution >= 0.6 is 35.3 Å². The highest BCUT2D eigenvalue weighted by Gasteiger charge is 2.20. The Hall–Kier alpha value is -1.88. The number of nitrogens with one attached hydrogen (secondary N) is 1. The summed E-state index contributed by atoms with van der Waals surface area (Å²) in [5.41, 5.74) is 1.04. The van der Waals surface area contributed by atoms with Gasteiger partial charge in [0, 0.05) is 39.8 Å². The summed E-state index contributed by atoms with van der Waals surface area (Å²) in [4.78, 5) is 9.18. The van der Waals surface area contributed by atoms with Crippen LogP contribution < -0.4 is 24.4 Å². The maximum Gasteiger partial charge on any atom is 0.203 e. The summed E-state index contributed by atoms with van der Waals surface area (Å²) in [5, 5.41) is 6.91.